The largest absolute Gasteiger partial charge is 0.383 e. The average molecular weight is 248 g/mol. The Morgan fingerprint density at radius 2 is 2.11 bits per heavy atom. The van der Waals surface area contributed by atoms with Crippen LogP contribution in [-0.4, -0.2) is 19.8 Å². The lowest BCUT2D eigenvalue weighted by Gasteiger charge is -2.23. The first-order valence-corrected chi connectivity index (χ1v) is 6.85. The highest BCUT2D eigenvalue weighted by Gasteiger charge is 2.29. The summed E-state index contributed by atoms with van der Waals surface area (Å²) < 4.78 is 5.29. The second-order valence-electron chi connectivity index (χ2n) is 5.13. The van der Waals surface area contributed by atoms with Crippen LogP contribution in [0.4, 0.5) is 0 Å². The summed E-state index contributed by atoms with van der Waals surface area (Å²) >= 11 is 0. The van der Waals surface area contributed by atoms with Gasteiger partial charge in [0.05, 0.1) is 6.61 Å². The number of ether oxygens (including phenoxy) is 1. The Balaban J connectivity index is 2.06. The molecule has 1 aliphatic rings. The van der Waals surface area contributed by atoms with Crippen LogP contribution in [0.5, 0.6) is 0 Å². The molecule has 1 aliphatic carbocycles. The number of nitrogens with two attached hydrogens (primary N) is 1. The maximum absolute atomic E-state index is 6.19. The maximum atomic E-state index is 6.19. The minimum Gasteiger partial charge on any atom is -0.383 e. The molecule has 3 atom stereocenters. The van der Waals surface area contributed by atoms with Gasteiger partial charge >= 0.3 is 0 Å². The van der Waals surface area contributed by atoms with Gasteiger partial charge in [0.2, 0.25) is 0 Å². The Kier molecular flexibility index (Phi) is 4.75. The first-order valence-electron chi connectivity index (χ1n) is 6.85. The lowest BCUT2D eigenvalue weighted by Crippen LogP contribution is -2.35. The molecule has 0 heterocycles. The minimum absolute atomic E-state index is 0.170. The van der Waals surface area contributed by atoms with Crippen molar-refractivity contribution in [2.24, 2.45) is 5.73 Å². The fraction of sp³-hybridized carbons (Fsp3) is 0.600. The predicted octanol–water partition coefficient (Wildman–Crippen LogP) is 2.54. The van der Waals surface area contributed by atoms with E-state index in [9.17, 15) is 0 Å². The van der Waals surface area contributed by atoms with E-state index >= 15 is 0 Å². The van der Waals surface area contributed by atoms with Crippen molar-refractivity contribution in [2.45, 2.75) is 44.3 Å². The average Bonchev–Trinajstić information content (AvgIpc) is 2.68. The zero-order chi connectivity index (χ0) is 13.0. The Hall–Kier alpha value is -0.900. The van der Waals surface area contributed by atoms with Crippen molar-refractivity contribution in [3.8, 4) is 0 Å². The number of hydrogen-bond donors (Lipinski definition) is 2. The van der Waals surface area contributed by atoms with Crippen molar-refractivity contribution in [1.29, 1.82) is 0 Å². The summed E-state index contributed by atoms with van der Waals surface area (Å²) in [5, 5.41) is 3.70. The third kappa shape index (κ3) is 2.91. The summed E-state index contributed by atoms with van der Waals surface area (Å²) in [5.74, 6) is 0. The molecule has 2 rings (SSSR count). The Labute approximate surface area is 110 Å². The van der Waals surface area contributed by atoms with E-state index in [4.69, 9.17) is 10.5 Å². The summed E-state index contributed by atoms with van der Waals surface area (Å²) in [6, 6.07) is 9.47. The minimum atomic E-state index is 0.170. The van der Waals surface area contributed by atoms with Gasteiger partial charge in [0.25, 0.3) is 0 Å². The molecule has 0 aliphatic heterocycles. The van der Waals surface area contributed by atoms with Gasteiger partial charge in [-0.3, -0.25) is 0 Å². The summed E-state index contributed by atoms with van der Waals surface area (Å²) in [4.78, 5) is 0. The Bertz CT molecular complexity index is 375. The van der Waals surface area contributed by atoms with Crippen LogP contribution in [-0.2, 0) is 4.74 Å². The molecule has 0 spiro atoms. The third-order valence-electron chi connectivity index (χ3n) is 3.70. The van der Waals surface area contributed by atoms with Crippen LogP contribution in [0.2, 0.25) is 0 Å². The SMILES string of the molecule is CCCC(COC)NC1CC(N)c2ccccc21. The van der Waals surface area contributed by atoms with Crippen LogP contribution in [0, 0.1) is 0 Å². The van der Waals surface area contributed by atoms with Gasteiger partial charge in [-0.15, -0.1) is 0 Å². The number of fused-ring (bicyclic) bond motifs is 1. The smallest absolute Gasteiger partial charge is 0.0616 e. The monoisotopic (exact) mass is 248 g/mol. The summed E-state index contributed by atoms with van der Waals surface area (Å²) in [6.45, 7) is 2.97. The quantitative estimate of drug-likeness (QED) is 0.813. The zero-order valence-corrected chi connectivity index (χ0v) is 11.4. The van der Waals surface area contributed by atoms with Gasteiger partial charge in [0, 0.05) is 25.2 Å². The van der Waals surface area contributed by atoms with E-state index in [0.29, 0.717) is 12.1 Å². The molecule has 1 aromatic rings. The number of nitrogens with one attached hydrogen (secondary N) is 1. The molecule has 3 heteroatoms. The molecule has 3 unspecified atom stereocenters. The number of rotatable bonds is 6. The third-order valence-corrected chi connectivity index (χ3v) is 3.70. The first-order chi connectivity index (χ1) is 8.76. The molecule has 0 radical (unpaired) electrons. The van der Waals surface area contributed by atoms with E-state index in [1.54, 1.807) is 7.11 Å². The van der Waals surface area contributed by atoms with Crippen LogP contribution in [0.25, 0.3) is 0 Å². The molecule has 18 heavy (non-hydrogen) atoms. The van der Waals surface area contributed by atoms with Crippen molar-refractivity contribution in [3.63, 3.8) is 0 Å². The molecular weight excluding hydrogens is 224 g/mol. The van der Waals surface area contributed by atoms with Gasteiger partial charge in [-0.25, -0.2) is 0 Å². The topological polar surface area (TPSA) is 47.3 Å². The molecule has 0 amide bonds. The van der Waals surface area contributed by atoms with Gasteiger partial charge in [-0.2, -0.15) is 0 Å². The van der Waals surface area contributed by atoms with Crippen molar-refractivity contribution >= 4 is 0 Å². The second-order valence-corrected chi connectivity index (χ2v) is 5.13. The van der Waals surface area contributed by atoms with Crippen molar-refractivity contribution in [2.75, 3.05) is 13.7 Å². The molecule has 1 aromatic carbocycles. The molecule has 0 aromatic heterocycles. The lowest BCUT2D eigenvalue weighted by molar-refractivity contribution is 0.155. The van der Waals surface area contributed by atoms with Crippen molar-refractivity contribution in [1.82, 2.24) is 5.32 Å². The molecule has 3 nitrogen and oxygen atoms in total. The van der Waals surface area contributed by atoms with Crippen LogP contribution >= 0.6 is 0 Å². The van der Waals surface area contributed by atoms with E-state index in [2.05, 4.69) is 36.5 Å². The standard InChI is InChI=1S/C15H24N2O/c1-3-6-11(10-18-2)17-15-9-14(16)12-7-4-5-8-13(12)15/h4-5,7-8,11,14-15,17H,3,6,9-10,16H2,1-2H3. The lowest BCUT2D eigenvalue weighted by atomic mass is 10.1. The van der Waals surface area contributed by atoms with Crippen LogP contribution in [0.3, 0.4) is 0 Å². The highest BCUT2D eigenvalue weighted by molar-refractivity contribution is 5.37. The van der Waals surface area contributed by atoms with Crippen LogP contribution in [0.1, 0.15) is 49.4 Å². The number of hydrogen-bond acceptors (Lipinski definition) is 3. The van der Waals surface area contributed by atoms with Gasteiger partial charge < -0.3 is 15.8 Å². The summed E-state index contributed by atoms with van der Waals surface area (Å²) in [6.07, 6.45) is 3.30. The summed E-state index contributed by atoms with van der Waals surface area (Å²) in [5.41, 5.74) is 8.85. The zero-order valence-electron chi connectivity index (χ0n) is 11.4. The molecular formula is C15H24N2O. The van der Waals surface area contributed by atoms with Crippen molar-refractivity contribution < 1.29 is 4.74 Å². The number of methoxy groups -OCH3 is 1. The maximum Gasteiger partial charge on any atom is 0.0616 e. The van der Waals surface area contributed by atoms with E-state index < -0.39 is 0 Å². The predicted molar refractivity (Wildman–Crippen MR) is 74.4 cm³/mol. The molecule has 3 N–H and O–H groups in total. The van der Waals surface area contributed by atoms with Gasteiger partial charge in [-0.05, 0) is 24.0 Å². The Morgan fingerprint density at radius 3 is 2.78 bits per heavy atom. The number of benzene rings is 1. The van der Waals surface area contributed by atoms with E-state index in [-0.39, 0.29) is 6.04 Å². The van der Waals surface area contributed by atoms with Gasteiger partial charge in [0.15, 0.2) is 0 Å². The normalized spacial score (nSPS) is 23.9. The summed E-state index contributed by atoms with van der Waals surface area (Å²) in [7, 11) is 1.76. The van der Waals surface area contributed by atoms with Crippen LogP contribution < -0.4 is 11.1 Å². The Morgan fingerprint density at radius 1 is 1.39 bits per heavy atom. The fourth-order valence-corrected chi connectivity index (χ4v) is 2.88. The second kappa shape index (κ2) is 6.32. The van der Waals surface area contributed by atoms with Crippen molar-refractivity contribution in [3.05, 3.63) is 35.4 Å². The fourth-order valence-electron chi connectivity index (χ4n) is 2.88. The van der Waals surface area contributed by atoms with E-state index in [1.165, 1.54) is 17.5 Å². The van der Waals surface area contributed by atoms with E-state index in [1.807, 2.05) is 0 Å². The van der Waals surface area contributed by atoms with Crippen LogP contribution in [0.15, 0.2) is 24.3 Å². The van der Waals surface area contributed by atoms with Gasteiger partial charge in [0.1, 0.15) is 0 Å². The van der Waals surface area contributed by atoms with Gasteiger partial charge in [-0.1, -0.05) is 37.6 Å². The molecule has 100 valence electrons. The first kappa shape index (κ1) is 13.5. The highest BCUT2D eigenvalue weighted by atomic mass is 16.5. The molecule has 0 fully saturated rings. The molecule has 0 saturated carbocycles. The molecule has 0 saturated heterocycles. The van der Waals surface area contributed by atoms with E-state index in [0.717, 1.165) is 19.4 Å². The molecule has 0 bridgehead atoms. The highest BCUT2D eigenvalue weighted by Crippen LogP contribution is 2.37.